The van der Waals surface area contributed by atoms with E-state index in [2.05, 4.69) is 19.2 Å². The van der Waals surface area contributed by atoms with Crippen LogP contribution in [0.1, 0.15) is 32.8 Å². The normalized spacial score (nSPS) is 10.9. The van der Waals surface area contributed by atoms with E-state index in [1.807, 2.05) is 55.5 Å². The van der Waals surface area contributed by atoms with Crippen LogP contribution in [-0.4, -0.2) is 32.3 Å². The monoisotopic (exact) mass is 397 g/mol. The van der Waals surface area contributed by atoms with Gasteiger partial charge < -0.3 is 19.5 Å². The molecule has 0 aliphatic heterocycles. The first-order valence-corrected chi connectivity index (χ1v) is 10.1. The summed E-state index contributed by atoms with van der Waals surface area (Å²) < 4.78 is 17.1. The first kappa shape index (κ1) is 22.3. The van der Waals surface area contributed by atoms with E-state index >= 15 is 0 Å². The molecule has 2 rings (SSSR count). The smallest absolute Gasteiger partial charge is 0.243 e. The topological polar surface area (TPSA) is 56.8 Å². The van der Waals surface area contributed by atoms with Gasteiger partial charge in [0.15, 0.2) is 11.5 Å². The Morgan fingerprint density at radius 1 is 1.00 bits per heavy atom. The van der Waals surface area contributed by atoms with Crippen LogP contribution in [-0.2, 0) is 4.79 Å². The number of amides is 1. The lowest BCUT2D eigenvalue weighted by atomic mass is 10.1. The van der Waals surface area contributed by atoms with Gasteiger partial charge >= 0.3 is 0 Å². The van der Waals surface area contributed by atoms with E-state index in [1.165, 1.54) is 0 Å². The van der Waals surface area contributed by atoms with Crippen molar-refractivity contribution in [3.8, 4) is 17.2 Å². The minimum absolute atomic E-state index is 0.0954. The molecule has 0 aliphatic rings. The minimum atomic E-state index is -0.0954. The lowest BCUT2D eigenvalue weighted by Gasteiger charge is -2.13. The van der Waals surface area contributed by atoms with Crippen LogP contribution in [0.4, 0.5) is 0 Å². The Hall–Kier alpha value is -2.95. The molecule has 0 radical (unpaired) electrons. The highest BCUT2D eigenvalue weighted by molar-refractivity contribution is 5.91. The summed E-state index contributed by atoms with van der Waals surface area (Å²) in [5, 5.41) is 2.89. The van der Waals surface area contributed by atoms with E-state index < -0.39 is 0 Å². The van der Waals surface area contributed by atoms with Gasteiger partial charge in [-0.25, -0.2) is 0 Å². The molecule has 29 heavy (non-hydrogen) atoms. The van der Waals surface area contributed by atoms with Crippen molar-refractivity contribution >= 4 is 12.0 Å². The van der Waals surface area contributed by atoms with Gasteiger partial charge in [0.1, 0.15) is 19.0 Å². The van der Waals surface area contributed by atoms with Crippen molar-refractivity contribution in [2.24, 2.45) is 5.92 Å². The molecule has 0 bridgehead atoms. The summed E-state index contributed by atoms with van der Waals surface area (Å²) in [6.07, 6.45) is 4.28. The van der Waals surface area contributed by atoms with E-state index in [-0.39, 0.29) is 5.91 Å². The molecule has 0 aliphatic carbocycles. The predicted molar refractivity (Wildman–Crippen MR) is 117 cm³/mol. The Kier molecular flexibility index (Phi) is 9.63. The Balaban J connectivity index is 1.88. The molecule has 0 spiro atoms. The summed E-state index contributed by atoms with van der Waals surface area (Å²) in [6, 6.07) is 15.2. The van der Waals surface area contributed by atoms with Gasteiger partial charge in [0.05, 0.1) is 6.61 Å². The molecule has 0 atom stereocenters. The summed E-state index contributed by atoms with van der Waals surface area (Å²) >= 11 is 0. The van der Waals surface area contributed by atoms with Gasteiger partial charge in [0.25, 0.3) is 0 Å². The average molecular weight is 398 g/mol. The predicted octanol–water partition coefficient (Wildman–Crippen LogP) is 4.72. The van der Waals surface area contributed by atoms with Gasteiger partial charge in [-0.2, -0.15) is 0 Å². The number of nitrogens with one attached hydrogen (secondary N) is 1. The van der Waals surface area contributed by atoms with Crippen molar-refractivity contribution < 1.29 is 19.0 Å². The molecule has 156 valence electrons. The maximum absolute atomic E-state index is 11.9. The third-order valence-electron chi connectivity index (χ3n) is 4.07. The van der Waals surface area contributed by atoms with Gasteiger partial charge in [0, 0.05) is 12.6 Å². The zero-order valence-corrected chi connectivity index (χ0v) is 17.5. The largest absolute Gasteiger partial charge is 0.490 e. The van der Waals surface area contributed by atoms with Crippen LogP contribution in [0.5, 0.6) is 17.2 Å². The summed E-state index contributed by atoms with van der Waals surface area (Å²) in [7, 11) is 0. The van der Waals surface area contributed by atoms with Crippen molar-refractivity contribution in [3.05, 3.63) is 60.2 Å². The summed E-state index contributed by atoms with van der Waals surface area (Å²) in [5.74, 6) is 2.59. The van der Waals surface area contributed by atoms with E-state index in [0.29, 0.717) is 43.8 Å². The third kappa shape index (κ3) is 8.73. The molecule has 5 nitrogen and oxygen atoms in total. The Labute approximate surface area is 173 Å². The third-order valence-corrected chi connectivity index (χ3v) is 4.07. The molecule has 0 fully saturated rings. The standard InChI is InChI=1S/C24H31NO4/c1-4-27-23-18-20(11-13-24(26)25-15-14-19(2)3)10-12-22(23)29-17-16-28-21-8-6-5-7-9-21/h5-13,18-19H,4,14-17H2,1-3H3,(H,25,26)/b13-11+. The molecule has 2 aromatic rings. The van der Waals surface area contributed by atoms with Crippen LogP contribution < -0.4 is 19.5 Å². The first-order valence-electron chi connectivity index (χ1n) is 10.1. The number of hydrogen-bond acceptors (Lipinski definition) is 4. The van der Waals surface area contributed by atoms with Gasteiger partial charge in [-0.15, -0.1) is 0 Å². The summed E-state index contributed by atoms with van der Waals surface area (Å²) in [5.41, 5.74) is 0.875. The molecular weight excluding hydrogens is 366 g/mol. The fraction of sp³-hybridized carbons (Fsp3) is 0.375. The van der Waals surface area contributed by atoms with Crippen LogP contribution in [0.2, 0.25) is 0 Å². The van der Waals surface area contributed by atoms with Crippen LogP contribution >= 0.6 is 0 Å². The molecule has 0 saturated carbocycles. The second-order valence-electron chi connectivity index (χ2n) is 6.96. The number of carbonyl (C=O) groups excluding carboxylic acids is 1. The van der Waals surface area contributed by atoms with E-state index in [4.69, 9.17) is 14.2 Å². The molecule has 2 aromatic carbocycles. The lowest BCUT2D eigenvalue weighted by molar-refractivity contribution is -0.116. The SMILES string of the molecule is CCOc1cc(/C=C/C(=O)NCCC(C)C)ccc1OCCOc1ccccc1. The maximum Gasteiger partial charge on any atom is 0.243 e. The second-order valence-corrected chi connectivity index (χ2v) is 6.96. The van der Waals surface area contributed by atoms with Crippen molar-refractivity contribution in [1.29, 1.82) is 0 Å². The van der Waals surface area contributed by atoms with Crippen LogP contribution in [0.3, 0.4) is 0 Å². The fourth-order valence-corrected chi connectivity index (χ4v) is 2.56. The molecule has 1 N–H and O–H groups in total. The Morgan fingerprint density at radius 3 is 2.48 bits per heavy atom. The molecule has 0 unspecified atom stereocenters. The number of rotatable bonds is 12. The molecular formula is C24H31NO4. The van der Waals surface area contributed by atoms with E-state index in [1.54, 1.807) is 12.2 Å². The zero-order chi connectivity index (χ0) is 20.9. The highest BCUT2D eigenvalue weighted by Crippen LogP contribution is 2.29. The Morgan fingerprint density at radius 2 is 1.76 bits per heavy atom. The molecule has 0 heterocycles. The van der Waals surface area contributed by atoms with Crippen molar-refractivity contribution in [2.75, 3.05) is 26.4 Å². The maximum atomic E-state index is 11.9. The zero-order valence-electron chi connectivity index (χ0n) is 17.5. The Bertz CT molecular complexity index is 772. The van der Waals surface area contributed by atoms with E-state index in [0.717, 1.165) is 17.7 Å². The molecule has 5 heteroatoms. The van der Waals surface area contributed by atoms with Gasteiger partial charge in [-0.1, -0.05) is 38.1 Å². The van der Waals surface area contributed by atoms with Crippen molar-refractivity contribution in [1.82, 2.24) is 5.32 Å². The molecule has 0 aromatic heterocycles. The highest BCUT2D eigenvalue weighted by Gasteiger charge is 2.06. The lowest BCUT2D eigenvalue weighted by Crippen LogP contribution is -2.23. The highest BCUT2D eigenvalue weighted by atomic mass is 16.5. The number of carbonyl (C=O) groups is 1. The van der Waals surface area contributed by atoms with E-state index in [9.17, 15) is 4.79 Å². The quantitative estimate of drug-likeness (QED) is 0.416. The van der Waals surface area contributed by atoms with Crippen molar-refractivity contribution in [2.45, 2.75) is 27.2 Å². The van der Waals surface area contributed by atoms with Gasteiger partial charge in [-0.3, -0.25) is 4.79 Å². The average Bonchev–Trinajstić information content (AvgIpc) is 2.71. The number of hydrogen-bond donors (Lipinski definition) is 1. The second kappa shape index (κ2) is 12.5. The van der Waals surface area contributed by atoms with Gasteiger partial charge in [0.2, 0.25) is 5.91 Å². The summed E-state index contributed by atoms with van der Waals surface area (Å²) in [4.78, 5) is 11.9. The molecule has 0 saturated heterocycles. The minimum Gasteiger partial charge on any atom is -0.490 e. The first-order chi connectivity index (χ1) is 14.1. The summed E-state index contributed by atoms with van der Waals surface area (Å²) in [6.45, 7) is 8.25. The number of ether oxygens (including phenoxy) is 3. The van der Waals surface area contributed by atoms with Crippen molar-refractivity contribution in [3.63, 3.8) is 0 Å². The number of benzene rings is 2. The van der Waals surface area contributed by atoms with Crippen LogP contribution in [0, 0.1) is 5.92 Å². The fourth-order valence-electron chi connectivity index (χ4n) is 2.56. The molecule has 1 amide bonds. The van der Waals surface area contributed by atoms with Gasteiger partial charge in [-0.05, 0) is 55.2 Å². The van der Waals surface area contributed by atoms with Crippen LogP contribution in [0.15, 0.2) is 54.6 Å². The number of para-hydroxylation sites is 1. The van der Waals surface area contributed by atoms with Crippen LogP contribution in [0.25, 0.3) is 6.08 Å².